The molecule has 1 aliphatic carbocycles. The molecule has 2 atom stereocenters. The van der Waals surface area contributed by atoms with Crippen molar-refractivity contribution in [2.45, 2.75) is 19.4 Å². The highest BCUT2D eigenvalue weighted by atomic mass is 15.1. The van der Waals surface area contributed by atoms with Crippen LogP contribution in [-0.2, 0) is 0 Å². The predicted octanol–water partition coefficient (Wildman–Crippen LogP) is 2.49. The van der Waals surface area contributed by atoms with Crippen LogP contribution in [0.2, 0.25) is 0 Å². The molecule has 0 aliphatic heterocycles. The number of para-hydroxylation sites is 1. The molecule has 1 aromatic carbocycles. The lowest BCUT2D eigenvalue weighted by atomic mass is 10.2. The zero-order valence-corrected chi connectivity index (χ0v) is 10.1. The van der Waals surface area contributed by atoms with Gasteiger partial charge in [0.1, 0.15) is 5.82 Å². The molecule has 0 spiro atoms. The summed E-state index contributed by atoms with van der Waals surface area (Å²) >= 11 is 0. The summed E-state index contributed by atoms with van der Waals surface area (Å²) in [4.78, 5) is 8.94. The number of nitrogens with one attached hydrogen (secondary N) is 2. The molecule has 0 bridgehead atoms. The molecule has 2 N–H and O–H groups in total. The number of hydrogen-bond acceptors (Lipinski definition) is 4. The average Bonchev–Trinajstić information content (AvgIpc) is 3.04. The van der Waals surface area contributed by atoms with E-state index in [4.69, 9.17) is 0 Å². The van der Waals surface area contributed by atoms with Crippen LogP contribution >= 0.6 is 0 Å². The number of anilines is 2. The van der Waals surface area contributed by atoms with Crippen LogP contribution < -0.4 is 10.6 Å². The van der Waals surface area contributed by atoms with Crippen LogP contribution in [0, 0.1) is 5.92 Å². The molecule has 0 amide bonds. The van der Waals surface area contributed by atoms with Crippen LogP contribution in [0.1, 0.15) is 13.3 Å². The second-order valence-electron chi connectivity index (χ2n) is 4.63. The van der Waals surface area contributed by atoms with Crippen molar-refractivity contribution in [2.24, 2.45) is 5.92 Å². The van der Waals surface area contributed by atoms with E-state index < -0.39 is 0 Å². The van der Waals surface area contributed by atoms with E-state index in [1.54, 1.807) is 0 Å². The van der Waals surface area contributed by atoms with Gasteiger partial charge < -0.3 is 10.6 Å². The van der Waals surface area contributed by atoms with Crippen molar-refractivity contribution >= 4 is 22.7 Å². The van der Waals surface area contributed by atoms with E-state index >= 15 is 0 Å². The predicted molar refractivity (Wildman–Crippen MR) is 70.3 cm³/mol. The van der Waals surface area contributed by atoms with E-state index in [-0.39, 0.29) is 0 Å². The van der Waals surface area contributed by atoms with Crippen LogP contribution in [0.5, 0.6) is 0 Å². The maximum atomic E-state index is 4.50. The Balaban J connectivity index is 2.06. The lowest BCUT2D eigenvalue weighted by molar-refractivity contribution is 0.924. The zero-order valence-electron chi connectivity index (χ0n) is 10.1. The summed E-state index contributed by atoms with van der Waals surface area (Å²) in [5.74, 6) is 2.36. The van der Waals surface area contributed by atoms with Gasteiger partial charge in [0.2, 0.25) is 5.95 Å². The van der Waals surface area contributed by atoms with Crippen molar-refractivity contribution in [3.05, 3.63) is 24.3 Å². The topological polar surface area (TPSA) is 49.8 Å². The van der Waals surface area contributed by atoms with Crippen LogP contribution in [0.15, 0.2) is 24.3 Å². The Morgan fingerprint density at radius 2 is 2.00 bits per heavy atom. The molecular formula is C13H16N4. The molecule has 1 aromatic heterocycles. The lowest BCUT2D eigenvalue weighted by Gasteiger charge is -2.09. The van der Waals surface area contributed by atoms with E-state index in [9.17, 15) is 0 Å². The lowest BCUT2D eigenvalue weighted by Crippen LogP contribution is -2.08. The highest BCUT2D eigenvalue weighted by Gasteiger charge is 2.33. The molecule has 0 radical (unpaired) electrons. The second-order valence-corrected chi connectivity index (χ2v) is 4.63. The first-order valence-electron chi connectivity index (χ1n) is 5.99. The average molecular weight is 228 g/mol. The fourth-order valence-electron chi connectivity index (χ4n) is 2.00. The standard InChI is InChI=1S/C13H16N4/c1-8-7-11(8)15-12-9-5-3-4-6-10(9)16-13(14-2)17-12/h3-6,8,11H,7H2,1-2H3,(H2,14,15,16,17). The Labute approximate surface area is 100 Å². The third-order valence-corrected chi connectivity index (χ3v) is 3.26. The van der Waals surface area contributed by atoms with Crippen molar-refractivity contribution in [3.8, 4) is 0 Å². The maximum absolute atomic E-state index is 4.50. The SMILES string of the molecule is CNc1nc(NC2CC2C)c2ccccc2n1. The van der Waals surface area contributed by atoms with Crippen molar-refractivity contribution in [1.82, 2.24) is 9.97 Å². The molecule has 1 heterocycles. The first-order valence-corrected chi connectivity index (χ1v) is 5.99. The molecule has 3 rings (SSSR count). The number of benzene rings is 1. The first-order chi connectivity index (χ1) is 8.28. The van der Waals surface area contributed by atoms with Crippen molar-refractivity contribution in [3.63, 3.8) is 0 Å². The van der Waals surface area contributed by atoms with E-state index in [0.29, 0.717) is 12.0 Å². The third-order valence-electron chi connectivity index (χ3n) is 3.26. The van der Waals surface area contributed by atoms with Gasteiger partial charge in [-0.05, 0) is 24.5 Å². The summed E-state index contributed by atoms with van der Waals surface area (Å²) < 4.78 is 0. The minimum Gasteiger partial charge on any atom is -0.366 e. The monoisotopic (exact) mass is 228 g/mol. The molecule has 0 saturated heterocycles. The summed E-state index contributed by atoms with van der Waals surface area (Å²) in [5, 5.41) is 7.58. The van der Waals surface area contributed by atoms with Gasteiger partial charge in [-0.15, -0.1) is 0 Å². The summed E-state index contributed by atoms with van der Waals surface area (Å²) in [6, 6.07) is 8.66. The van der Waals surface area contributed by atoms with Crippen molar-refractivity contribution in [1.29, 1.82) is 0 Å². The largest absolute Gasteiger partial charge is 0.366 e. The molecule has 1 fully saturated rings. The van der Waals surface area contributed by atoms with Gasteiger partial charge >= 0.3 is 0 Å². The summed E-state index contributed by atoms with van der Waals surface area (Å²) in [5.41, 5.74) is 0.975. The molecule has 4 heteroatoms. The van der Waals surface area contributed by atoms with Gasteiger partial charge in [0, 0.05) is 18.5 Å². The van der Waals surface area contributed by atoms with Gasteiger partial charge in [-0.1, -0.05) is 19.1 Å². The molecule has 17 heavy (non-hydrogen) atoms. The fraction of sp³-hybridized carbons (Fsp3) is 0.385. The molecule has 4 nitrogen and oxygen atoms in total. The van der Waals surface area contributed by atoms with Crippen LogP contribution in [0.25, 0.3) is 10.9 Å². The van der Waals surface area contributed by atoms with E-state index in [1.807, 2.05) is 25.2 Å². The molecule has 2 aromatic rings. The Bertz CT molecular complexity index is 552. The van der Waals surface area contributed by atoms with Gasteiger partial charge in [0.25, 0.3) is 0 Å². The van der Waals surface area contributed by atoms with Gasteiger partial charge in [0.15, 0.2) is 0 Å². The van der Waals surface area contributed by atoms with Crippen LogP contribution in [0.4, 0.5) is 11.8 Å². The van der Waals surface area contributed by atoms with E-state index in [1.165, 1.54) is 6.42 Å². The van der Waals surface area contributed by atoms with Crippen molar-refractivity contribution < 1.29 is 0 Å². The van der Waals surface area contributed by atoms with E-state index in [2.05, 4.69) is 33.6 Å². The summed E-state index contributed by atoms with van der Waals surface area (Å²) in [6.07, 6.45) is 1.23. The minimum atomic E-state index is 0.568. The van der Waals surface area contributed by atoms with Crippen LogP contribution in [-0.4, -0.2) is 23.1 Å². The minimum absolute atomic E-state index is 0.568. The number of hydrogen-bond donors (Lipinski definition) is 2. The highest BCUT2D eigenvalue weighted by Crippen LogP contribution is 2.34. The third kappa shape index (κ3) is 1.90. The zero-order chi connectivity index (χ0) is 11.8. The number of nitrogens with zero attached hydrogens (tertiary/aromatic N) is 2. The molecule has 2 unspecified atom stereocenters. The summed E-state index contributed by atoms with van der Waals surface area (Å²) in [6.45, 7) is 2.25. The van der Waals surface area contributed by atoms with Gasteiger partial charge in [-0.2, -0.15) is 4.98 Å². The quantitative estimate of drug-likeness (QED) is 0.847. The second kappa shape index (κ2) is 3.87. The smallest absolute Gasteiger partial charge is 0.224 e. The van der Waals surface area contributed by atoms with Gasteiger partial charge in [0.05, 0.1) is 5.52 Å². The van der Waals surface area contributed by atoms with E-state index in [0.717, 1.165) is 22.6 Å². The van der Waals surface area contributed by atoms with Gasteiger partial charge in [-0.3, -0.25) is 0 Å². The molecular weight excluding hydrogens is 212 g/mol. The molecule has 88 valence electrons. The molecule has 1 aliphatic rings. The fourth-order valence-corrected chi connectivity index (χ4v) is 2.00. The first kappa shape index (κ1) is 10.3. The normalized spacial score (nSPS) is 22.5. The Hall–Kier alpha value is -1.84. The molecule has 1 saturated carbocycles. The number of fused-ring (bicyclic) bond motifs is 1. The maximum Gasteiger partial charge on any atom is 0.224 e. The number of rotatable bonds is 3. The highest BCUT2D eigenvalue weighted by molar-refractivity contribution is 5.90. The van der Waals surface area contributed by atoms with Gasteiger partial charge in [-0.25, -0.2) is 4.98 Å². The Morgan fingerprint density at radius 3 is 2.71 bits per heavy atom. The Morgan fingerprint density at radius 1 is 1.24 bits per heavy atom. The van der Waals surface area contributed by atoms with Crippen LogP contribution in [0.3, 0.4) is 0 Å². The Kier molecular flexibility index (Phi) is 2.35. The number of aromatic nitrogens is 2. The van der Waals surface area contributed by atoms with Crippen molar-refractivity contribution in [2.75, 3.05) is 17.7 Å². The summed E-state index contributed by atoms with van der Waals surface area (Å²) in [7, 11) is 1.84.